The summed E-state index contributed by atoms with van der Waals surface area (Å²) in [6, 6.07) is 11.9. The number of imidazole rings is 1. The molecule has 63 heavy (non-hydrogen) atoms. The molecule has 5 amide bonds. The van der Waals surface area contributed by atoms with Crippen LogP contribution in [0.3, 0.4) is 0 Å². The molecule has 0 saturated carbocycles. The van der Waals surface area contributed by atoms with Gasteiger partial charge >= 0.3 is 24.6 Å². The molecule has 4 heterocycles. The van der Waals surface area contributed by atoms with E-state index in [1.807, 2.05) is 46.8 Å². The Labute approximate surface area is 364 Å². The highest BCUT2D eigenvalue weighted by atomic mass is 19.4. The Morgan fingerprint density at radius 1 is 0.905 bits per heavy atom. The van der Waals surface area contributed by atoms with Gasteiger partial charge < -0.3 is 44.5 Å². The van der Waals surface area contributed by atoms with Gasteiger partial charge in [0.2, 0.25) is 5.91 Å². The van der Waals surface area contributed by atoms with Gasteiger partial charge in [0.1, 0.15) is 23.2 Å². The number of benzene rings is 3. The van der Waals surface area contributed by atoms with Crippen molar-refractivity contribution >= 4 is 51.6 Å². The molecule has 3 fully saturated rings. The number of H-pyrrole nitrogens is 1. The SMILES string of the molecule is COC(=O)N[C@H](C(=O)N1C[C@@H](C)C[C@H]1c1nc2c(ccc3cc(-c4ccc(NC(=O)N5CCN(C6CCN(C(=O)OC(C)(C)C)CC6)CC5)cc4OC(F)(F)F)ccc32)[nH]1)C(C)C. The lowest BCUT2D eigenvalue weighted by Gasteiger charge is -2.42. The molecule has 0 aliphatic carbocycles. The standard InChI is InChI=1S/C45H57F3N8O7/c1-26(2)37(52-42(59)61-7)40(57)56-25-27(3)22-35(56)39-50-34-13-9-29-23-28(8-11-33(29)38(34)51-39)32-12-10-30(24-36(32)62-45(46,47)48)49-41(58)54-20-18-53(19-21-54)31-14-16-55(17-15-31)43(60)63-44(4,5)6/h8-13,23-24,26-27,31,35,37H,14-22,25H2,1-7H3,(H,49,58)(H,50,51)(H,52,59)/t27-,35-,37-/m0/s1. The van der Waals surface area contributed by atoms with Gasteiger partial charge in [0, 0.05) is 74.6 Å². The van der Waals surface area contributed by atoms with Gasteiger partial charge in [0.05, 0.1) is 24.2 Å². The van der Waals surface area contributed by atoms with Crippen LogP contribution in [-0.4, -0.2) is 131 Å². The van der Waals surface area contributed by atoms with Gasteiger partial charge in [-0.1, -0.05) is 39.0 Å². The van der Waals surface area contributed by atoms with Crippen LogP contribution in [0.5, 0.6) is 5.75 Å². The van der Waals surface area contributed by atoms with E-state index in [0.29, 0.717) is 69.1 Å². The maximum Gasteiger partial charge on any atom is 0.573 e. The van der Waals surface area contributed by atoms with Crippen LogP contribution in [-0.2, 0) is 14.3 Å². The number of piperidine rings is 1. The molecule has 3 aromatic carbocycles. The van der Waals surface area contributed by atoms with Crippen LogP contribution in [0.25, 0.3) is 32.9 Å². The molecule has 0 spiro atoms. The third-order valence-electron chi connectivity index (χ3n) is 12.0. The Hall–Kier alpha value is -5.78. The Kier molecular flexibility index (Phi) is 13.0. The van der Waals surface area contributed by atoms with Crippen molar-refractivity contribution in [3.63, 3.8) is 0 Å². The number of carbonyl (C=O) groups is 4. The van der Waals surface area contributed by atoms with E-state index in [9.17, 15) is 32.3 Å². The van der Waals surface area contributed by atoms with Crippen LogP contribution >= 0.6 is 0 Å². The molecule has 3 saturated heterocycles. The third-order valence-corrected chi connectivity index (χ3v) is 12.0. The average Bonchev–Trinajstić information content (AvgIpc) is 3.85. The van der Waals surface area contributed by atoms with Crippen LogP contribution in [0.1, 0.15) is 72.7 Å². The number of aromatic nitrogens is 2. The summed E-state index contributed by atoms with van der Waals surface area (Å²) in [5.74, 6) is -0.118. The molecule has 15 nitrogen and oxygen atoms in total. The highest BCUT2D eigenvalue weighted by Gasteiger charge is 2.41. The van der Waals surface area contributed by atoms with Gasteiger partial charge in [-0.05, 0) is 87.1 Å². The topological polar surface area (TPSA) is 162 Å². The first kappa shape index (κ1) is 45.3. The van der Waals surface area contributed by atoms with E-state index in [-0.39, 0.29) is 47.2 Å². The van der Waals surface area contributed by atoms with E-state index in [1.54, 1.807) is 39.0 Å². The number of carbonyl (C=O) groups excluding carboxylic acids is 4. The lowest BCUT2D eigenvalue weighted by atomic mass is 9.99. The summed E-state index contributed by atoms with van der Waals surface area (Å²) in [7, 11) is 1.25. The highest BCUT2D eigenvalue weighted by molar-refractivity contribution is 6.05. The van der Waals surface area contributed by atoms with Crippen molar-refractivity contribution in [2.24, 2.45) is 11.8 Å². The van der Waals surface area contributed by atoms with Crippen LogP contribution in [0.4, 0.5) is 33.2 Å². The number of nitrogens with zero attached hydrogens (tertiary/aromatic N) is 5. The zero-order valence-corrected chi connectivity index (χ0v) is 36.8. The molecule has 18 heteroatoms. The summed E-state index contributed by atoms with van der Waals surface area (Å²) in [6.45, 7) is 15.1. The second kappa shape index (κ2) is 18.1. The van der Waals surface area contributed by atoms with Crippen molar-refractivity contribution in [3.05, 3.63) is 54.4 Å². The van der Waals surface area contributed by atoms with Crippen molar-refractivity contribution in [2.45, 2.75) is 90.9 Å². The van der Waals surface area contributed by atoms with Gasteiger partial charge in [-0.15, -0.1) is 13.2 Å². The summed E-state index contributed by atoms with van der Waals surface area (Å²) in [6.07, 6.45) is -3.74. The molecule has 3 atom stereocenters. The monoisotopic (exact) mass is 878 g/mol. The molecule has 0 radical (unpaired) electrons. The largest absolute Gasteiger partial charge is 0.573 e. The molecule has 340 valence electrons. The van der Waals surface area contributed by atoms with E-state index in [4.69, 9.17) is 14.5 Å². The van der Waals surface area contributed by atoms with Crippen molar-refractivity contribution in [3.8, 4) is 16.9 Å². The maximum absolute atomic E-state index is 13.8. The first-order valence-electron chi connectivity index (χ1n) is 21.5. The number of hydrogen-bond acceptors (Lipinski definition) is 9. The van der Waals surface area contributed by atoms with Crippen molar-refractivity contribution < 1.29 is 46.6 Å². The van der Waals surface area contributed by atoms with Crippen LogP contribution in [0, 0.1) is 11.8 Å². The summed E-state index contributed by atoms with van der Waals surface area (Å²) in [5, 5.41) is 6.90. The van der Waals surface area contributed by atoms with Gasteiger partial charge in [0.15, 0.2) is 0 Å². The Morgan fingerprint density at radius 2 is 1.62 bits per heavy atom. The number of methoxy groups -OCH3 is 1. The summed E-state index contributed by atoms with van der Waals surface area (Å²) in [4.78, 5) is 67.6. The van der Waals surface area contributed by atoms with Gasteiger partial charge in [-0.25, -0.2) is 19.4 Å². The quantitative estimate of drug-likeness (QED) is 0.159. The zero-order chi connectivity index (χ0) is 45.4. The van der Waals surface area contributed by atoms with Crippen molar-refractivity contribution in [1.29, 1.82) is 0 Å². The van der Waals surface area contributed by atoms with Crippen molar-refractivity contribution in [2.75, 3.05) is 58.2 Å². The predicted octanol–water partition coefficient (Wildman–Crippen LogP) is 8.12. The lowest BCUT2D eigenvalue weighted by molar-refractivity contribution is -0.274. The normalized spacial score (nSPS) is 19.7. The fourth-order valence-electron chi connectivity index (χ4n) is 8.85. The number of alkyl halides is 3. The molecule has 4 aromatic rings. The van der Waals surface area contributed by atoms with E-state index < -0.39 is 35.9 Å². The minimum Gasteiger partial charge on any atom is -0.453 e. The first-order valence-corrected chi connectivity index (χ1v) is 21.5. The smallest absolute Gasteiger partial charge is 0.453 e. The number of ether oxygens (including phenoxy) is 3. The number of hydrogen-bond donors (Lipinski definition) is 3. The number of piperazine rings is 1. The second-order valence-electron chi connectivity index (χ2n) is 18.1. The fraction of sp³-hybridized carbons (Fsp3) is 0.533. The number of halogens is 3. The molecular weight excluding hydrogens is 822 g/mol. The Bertz CT molecular complexity index is 2330. The van der Waals surface area contributed by atoms with Crippen LogP contribution in [0.2, 0.25) is 0 Å². The number of rotatable bonds is 8. The minimum atomic E-state index is -5.00. The minimum absolute atomic E-state index is 0.154. The van der Waals surface area contributed by atoms with E-state index in [2.05, 4.69) is 32.2 Å². The summed E-state index contributed by atoms with van der Waals surface area (Å²) < 4.78 is 56.4. The van der Waals surface area contributed by atoms with Crippen LogP contribution < -0.4 is 15.4 Å². The molecule has 1 aromatic heterocycles. The van der Waals surface area contributed by atoms with E-state index in [0.717, 1.165) is 29.1 Å². The molecule has 3 aliphatic rings. The number of urea groups is 1. The lowest BCUT2D eigenvalue weighted by Crippen LogP contribution is -2.55. The molecular formula is C45H57F3N8O7. The maximum atomic E-state index is 13.8. The Morgan fingerprint density at radius 3 is 2.27 bits per heavy atom. The molecule has 3 aliphatic heterocycles. The number of likely N-dealkylation sites (tertiary alicyclic amines) is 2. The predicted molar refractivity (Wildman–Crippen MR) is 231 cm³/mol. The van der Waals surface area contributed by atoms with E-state index >= 15 is 0 Å². The van der Waals surface area contributed by atoms with Crippen molar-refractivity contribution in [1.82, 2.24) is 34.9 Å². The number of amides is 5. The van der Waals surface area contributed by atoms with Gasteiger partial charge in [-0.2, -0.15) is 0 Å². The highest BCUT2D eigenvalue weighted by Crippen LogP contribution is 2.40. The van der Waals surface area contributed by atoms with E-state index in [1.165, 1.54) is 19.2 Å². The molecule has 0 unspecified atom stereocenters. The van der Waals surface area contributed by atoms with Gasteiger partial charge in [-0.3, -0.25) is 9.69 Å². The third kappa shape index (κ3) is 10.5. The summed E-state index contributed by atoms with van der Waals surface area (Å²) >= 11 is 0. The fourth-order valence-corrected chi connectivity index (χ4v) is 8.85. The number of alkyl carbamates (subject to hydrolysis) is 1. The molecule has 7 rings (SSSR count). The Balaban J connectivity index is 1.04. The number of aromatic amines is 1. The number of anilines is 1. The first-order chi connectivity index (χ1) is 29.8. The zero-order valence-electron chi connectivity index (χ0n) is 36.8. The van der Waals surface area contributed by atoms with Gasteiger partial charge in [0.25, 0.3) is 0 Å². The molecule has 3 N–H and O–H groups in total. The summed E-state index contributed by atoms with van der Waals surface area (Å²) in [5.41, 5.74) is 1.60. The molecule has 0 bridgehead atoms. The second-order valence-corrected chi connectivity index (χ2v) is 18.1. The average molecular weight is 879 g/mol. The van der Waals surface area contributed by atoms with Crippen LogP contribution in [0.15, 0.2) is 48.5 Å². The number of nitrogens with one attached hydrogen (secondary N) is 3. The number of fused-ring (bicyclic) bond motifs is 3.